The number of methoxy groups -OCH3 is 2. The zero-order valence-corrected chi connectivity index (χ0v) is 16.8. The SMILES string of the molecule is COCCN(C(=O)CCc1ccccc1)c1nnc(-c2ccc(OC)cc2)s1. The molecule has 0 aliphatic rings. The van der Waals surface area contributed by atoms with Gasteiger partial charge in [-0.05, 0) is 36.2 Å². The summed E-state index contributed by atoms with van der Waals surface area (Å²) in [5, 5.41) is 9.86. The van der Waals surface area contributed by atoms with Crippen LogP contribution in [0.15, 0.2) is 54.6 Å². The van der Waals surface area contributed by atoms with Gasteiger partial charge in [0.2, 0.25) is 11.0 Å². The fourth-order valence-corrected chi connectivity index (χ4v) is 3.61. The fourth-order valence-electron chi connectivity index (χ4n) is 2.72. The maximum atomic E-state index is 12.8. The second-order valence-electron chi connectivity index (χ2n) is 6.14. The molecule has 2 aromatic carbocycles. The quantitative estimate of drug-likeness (QED) is 0.549. The van der Waals surface area contributed by atoms with Gasteiger partial charge in [-0.1, -0.05) is 41.7 Å². The molecule has 3 rings (SSSR count). The van der Waals surface area contributed by atoms with Gasteiger partial charge in [0, 0.05) is 19.1 Å². The summed E-state index contributed by atoms with van der Waals surface area (Å²) >= 11 is 1.39. The minimum atomic E-state index is 0.0123. The van der Waals surface area contributed by atoms with Crippen molar-refractivity contribution in [1.82, 2.24) is 10.2 Å². The van der Waals surface area contributed by atoms with Crippen LogP contribution in [0.5, 0.6) is 5.75 Å². The second-order valence-corrected chi connectivity index (χ2v) is 7.10. The van der Waals surface area contributed by atoms with E-state index in [2.05, 4.69) is 10.2 Å². The normalized spacial score (nSPS) is 10.6. The van der Waals surface area contributed by atoms with Gasteiger partial charge in [0.25, 0.3) is 0 Å². The third-order valence-corrected chi connectivity index (χ3v) is 5.27. The van der Waals surface area contributed by atoms with Gasteiger partial charge in [-0.15, -0.1) is 10.2 Å². The maximum absolute atomic E-state index is 12.8. The fraction of sp³-hybridized carbons (Fsp3) is 0.286. The van der Waals surface area contributed by atoms with E-state index in [0.29, 0.717) is 31.1 Å². The molecule has 3 aromatic rings. The van der Waals surface area contributed by atoms with Crippen LogP contribution in [0.2, 0.25) is 0 Å². The number of nitrogens with zero attached hydrogens (tertiary/aromatic N) is 3. The molecule has 0 bridgehead atoms. The Kier molecular flexibility index (Phi) is 7.11. The molecule has 0 unspecified atom stereocenters. The molecule has 1 heterocycles. The third kappa shape index (κ3) is 5.15. The Labute approximate surface area is 168 Å². The Morgan fingerprint density at radius 2 is 1.79 bits per heavy atom. The zero-order chi connectivity index (χ0) is 19.8. The third-order valence-electron chi connectivity index (χ3n) is 4.27. The number of benzene rings is 2. The number of aryl methyl sites for hydroxylation is 1. The monoisotopic (exact) mass is 397 g/mol. The van der Waals surface area contributed by atoms with Crippen LogP contribution in [0.1, 0.15) is 12.0 Å². The van der Waals surface area contributed by atoms with E-state index in [4.69, 9.17) is 9.47 Å². The van der Waals surface area contributed by atoms with E-state index in [9.17, 15) is 4.79 Å². The molecule has 0 saturated carbocycles. The molecule has 0 fully saturated rings. The number of amides is 1. The Bertz CT molecular complexity index is 881. The van der Waals surface area contributed by atoms with E-state index in [1.54, 1.807) is 19.1 Å². The zero-order valence-electron chi connectivity index (χ0n) is 16.0. The highest BCUT2D eigenvalue weighted by molar-refractivity contribution is 7.18. The highest BCUT2D eigenvalue weighted by atomic mass is 32.1. The average molecular weight is 398 g/mol. The van der Waals surface area contributed by atoms with Crippen molar-refractivity contribution in [2.24, 2.45) is 0 Å². The summed E-state index contributed by atoms with van der Waals surface area (Å²) in [7, 11) is 3.25. The lowest BCUT2D eigenvalue weighted by atomic mass is 10.1. The van der Waals surface area contributed by atoms with Crippen LogP contribution in [-0.4, -0.2) is 43.5 Å². The summed E-state index contributed by atoms with van der Waals surface area (Å²) in [4.78, 5) is 14.5. The van der Waals surface area contributed by atoms with Crippen LogP contribution in [-0.2, 0) is 16.0 Å². The molecule has 0 N–H and O–H groups in total. The first kappa shape index (κ1) is 20.0. The van der Waals surface area contributed by atoms with Gasteiger partial charge < -0.3 is 9.47 Å². The van der Waals surface area contributed by atoms with Crippen molar-refractivity contribution in [3.05, 3.63) is 60.2 Å². The number of ether oxygens (including phenoxy) is 2. The predicted molar refractivity (Wildman–Crippen MR) is 111 cm³/mol. The number of carbonyl (C=O) groups is 1. The lowest BCUT2D eigenvalue weighted by molar-refractivity contribution is -0.118. The molecular weight excluding hydrogens is 374 g/mol. The van der Waals surface area contributed by atoms with Crippen LogP contribution >= 0.6 is 11.3 Å². The average Bonchev–Trinajstić information content (AvgIpc) is 3.23. The summed E-state index contributed by atoms with van der Waals surface area (Å²) in [6.45, 7) is 0.885. The number of hydrogen-bond donors (Lipinski definition) is 0. The van der Waals surface area contributed by atoms with Crippen molar-refractivity contribution in [2.45, 2.75) is 12.8 Å². The molecule has 0 atom stereocenters. The van der Waals surface area contributed by atoms with Crippen LogP contribution < -0.4 is 9.64 Å². The van der Waals surface area contributed by atoms with Crippen molar-refractivity contribution in [3.63, 3.8) is 0 Å². The van der Waals surface area contributed by atoms with Gasteiger partial charge in [-0.3, -0.25) is 9.69 Å². The largest absolute Gasteiger partial charge is 0.497 e. The first-order valence-electron chi connectivity index (χ1n) is 9.02. The van der Waals surface area contributed by atoms with Crippen molar-refractivity contribution >= 4 is 22.4 Å². The van der Waals surface area contributed by atoms with Gasteiger partial charge in [0.05, 0.1) is 20.3 Å². The van der Waals surface area contributed by atoms with E-state index in [1.807, 2.05) is 54.6 Å². The van der Waals surface area contributed by atoms with Gasteiger partial charge >= 0.3 is 0 Å². The van der Waals surface area contributed by atoms with Gasteiger partial charge in [-0.2, -0.15) is 0 Å². The van der Waals surface area contributed by atoms with Crippen molar-refractivity contribution in [3.8, 4) is 16.3 Å². The number of anilines is 1. The van der Waals surface area contributed by atoms with Crippen LogP contribution in [0.25, 0.3) is 10.6 Å². The standard InChI is InChI=1S/C21H23N3O3S/c1-26-15-14-24(19(25)13-8-16-6-4-3-5-7-16)21-23-22-20(28-21)17-9-11-18(27-2)12-10-17/h3-7,9-12H,8,13-15H2,1-2H3. The number of rotatable bonds is 9. The van der Waals surface area contributed by atoms with E-state index >= 15 is 0 Å². The molecule has 1 amide bonds. The van der Waals surface area contributed by atoms with E-state index in [-0.39, 0.29) is 5.91 Å². The van der Waals surface area contributed by atoms with Gasteiger partial charge in [-0.25, -0.2) is 0 Å². The van der Waals surface area contributed by atoms with Gasteiger partial charge in [0.1, 0.15) is 10.8 Å². The maximum Gasteiger partial charge on any atom is 0.229 e. The summed E-state index contributed by atoms with van der Waals surface area (Å²) in [6, 6.07) is 17.6. The Morgan fingerprint density at radius 1 is 1.04 bits per heavy atom. The lowest BCUT2D eigenvalue weighted by Crippen LogP contribution is -2.34. The summed E-state index contributed by atoms with van der Waals surface area (Å²) in [5.74, 6) is 0.796. The molecular formula is C21H23N3O3S. The lowest BCUT2D eigenvalue weighted by Gasteiger charge is -2.18. The minimum absolute atomic E-state index is 0.0123. The minimum Gasteiger partial charge on any atom is -0.497 e. The Balaban J connectivity index is 1.73. The topological polar surface area (TPSA) is 64.5 Å². The number of aromatic nitrogens is 2. The summed E-state index contributed by atoms with van der Waals surface area (Å²) in [5.41, 5.74) is 2.08. The molecule has 0 saturated heterocycles. The smallest absolute Gasteiger partial charge is 0.229 e. The van der Waals surface area contributed by atoms with Crippen molar-refractivity contribution in [1.29, 1.82) is 0 Å². The highest BCUT2D eigenvalue weighted by Crippen LogP contribution is 2.30. The first-order chi connectivity index (χ1) is 13.7. The molecule has 0 radical (unpaired) electrons. The predicted octanol–water partition coefficient (Wildman–Crippen LogP) is 3.83. The molecule has 1 aromatic heterocycles. The molecule has 0 aliphatic heterocycles. The first-order valence-corrected chi connectivity index (χ1v) is 9.84. The summed E-state index contributed by atoms with van der Waals surface area (Å²) in [6.07, 6.45) is 1.10. The molecule has 0 aliphatic carbocycles. The Morgan fingerprint density at radius 3 is 2.46 bits per heavy atom. The second kappa shape index (κ2) is 9.96. The highest BCUT2D eigenvalue weighted by Gasteiger charge is 2.20. The van der Waals surface area contributed by atoms with Crippen LogP contribution in [0.3, 0.4) is 0 Å². The molecule has 0 spiro atoms. The van der Waals surface area contributed by atoms with Crippen molar-refractivity contribution < 1.29 is 14.3 Å². The number of carbonyl (C=O) groups excluding carboxylic acids is 1. The Hall–Kier alpha value is -2.77. The number of hydrogen-bond acceptors (Lipinski definition) is 6. The summed E-state index contributed by atoms with van der Waals surface area (Å²) < 4.78 is 10.4. The van der Waals surface area contributed by atoms with Crippen molar-refractivity contribution in [2.75, 3.05) is 32.3 Å². The molecule has 6 nitrogen and oxygen atoms in total. The van der Waals surface area contributed by atoms with E-state index in [0.717, 1.165) is 21.9 Å². The molecule has 7 heteroatoms. The van der Waals surface area contributed by atoms with E-state index < -0.39 is 0 Å². The van der Waals surface area contributed by atoms with Gasteiger partial charge in [0.15, 0.2) is 0 Å². The van der Waals surface area contributed by atoms with Crippen LogP contribution in [0, 0.1) is 0 Å². The van der Waals surface area contributed by atoms with E-state index in [1.165, 1.54) is 11.3 Å². The molecule has 146 valence electrons. The van der Waals surface area contributed by atoms with Crippen LogP contribution in [0.4, 0.5) is 5.13 Å². The molecule has 28 heavy (non-hydrogen) atoms.